The Morgan fingerprint density at radius 2 is 2.75 bits per heavy atom. The number of H-pyrrole nitrogens is 1. The summed E-state index contributed by atoms with van der Waals surface area (Å²) in [6, 6.07) is 0. The first-order valence-electron chi connectivity index (χ1n) is 2.40. The van der Waals surface area contributed by atoms with Crippen LogP contribution >= 0.6 is 0 Å². The second-order valence-corrected chi connectivity index (χ2v) is 1.47. The van der Waals surface area contributed by atoms with Gasteiger partial charge in [-0.15, -0.1) is 0 Å². The van der Waals surface area contributed by atoms with Crippen LogP contribution in [0.5, 0.6) is 0 Å². The lowest BCUT2D eigenvalue weighted by Crippen LogP contribution is -1.88. The molecule has 3 nitrogen and oxygen atoms in total. The van der Waals surface area contributed by atoms with Crippen molar-refractivity contribution in [1.82, 2.24) is 9.97 Å². The Labute approximate surface area is 47.7 Å². The van der Waals surface area contributed by atoms with Gasteiger partial charge in [0.25, 0.3) is 0 Å². The molecule has 0 amide bonds. The molecule has 1 N–H and O–H groups in total. The second kappa shape index (κ2) is 2.47. The van der Waals surface area contributed by atoms with Gasteiger partial charge in [-0.1, -0.05) is 0 Å². The van der Waals surface area contributed by atoms with E-state index in [1.807, 2.05) is 0 Å². The minimum absolute atomic E-state index is 0.562. The van der Waals surface area contributed by atoms with Crippen LogP contribution in [0.1, 0.15) is 5.82 Å². The van der Waals surface area contributed by atoms with Gasteiger partial charge >= 0.3 is 0 Å². The summed E-state index contributed by atoms with van der Waals surface area (Å²) >= 11 is 0. The standard InChI is InChI=1S/C5H8N2O/c1-8-4-5-6-2-3-7-5/h2-3H,4H2,1H3,(H,6,7). The van der Waals surface area contributed by atoms with Gasteiger partial charge in [-0.2, -0.15) is 0 Å². The van der Waals surface area contributed by atoms with Crippen LogP contribution in [0, 0.1) is 0 Å². The Bertz CT molecular complexity index is 136. The van der Waals surface area contributed by atoms with Crippen LogP contribution in [-0.4, -0.2) is 17.1 Å². The smallest absolute Gasteiger partial charge is 0.132 e. The summed E-state index contributed by atoms with van der Waals surface area (Å²) in [5.74, 6) is 0.868. The van der Waals surface area contributed by atoms with Crippen molar-refractivity contribution in [2.75, 3.05) is 7.11 Å². The molecule has 0 aromatic carbocycles. The summed E-state index contributed by atoms with van der Waals surface area (Å²) in [5, 5.41) is 0. The van der Waals surface area contributed by atoms with Crippen molar-refractivity contribution in [2.24, 2.45) is 0 Å². The Morgan fingerprint density at radius 1 is 1.88 bits per heavy atom. The van der Waals surface area contributed by atoms with Gasteiger partial charge in [-0.05, 0) is 0 Å². The van der Waals surface area contributed by atoms with Crippen LogP contribution in [0.15, 0.2) is 12.4 Å². The van der Waals surface area contributed by atoms with E-state index in [0.717, 1.165) is 5.82 Å². The summed E-state index contributed by atoms with van der Waals surface area (Å²) < 4.78 is 4.79. The predicted octanol–water partition coefficient (Wildman–Crippen LogP) is 0.556. The van der Waals surface area contributed by atoms with Gasteiger partial charge < -0.3 is 9.72 Å². The van der Waals surface area contributed by atoms with E-state index >= 15 is 0 Å². The molecule has 0 saturated carbocycles. The number of ether oxygens (including phenoxy) is 1. The summed E-state index contributed by atoms with van der Waals surface area (Å²) in [5.41, 5.74) is 0. The lowest BCUT2D eigenvalue weighted by molar-refractivity contribution is 0.178. The maximum atomic E-state index is 4.79. The summed E-state index contributed by atoms with van der Waals surface area (Å²) in [6.07, 6.45) is 3.47. The Hall–Kier alpha value is -0.830. The van der Waals surface area contributed by atoms with Gasteiger partial charge in [-0.3, -0.25) is 0 Å². The van der Waals surface area contributed by atoms with Crippen molar-refractivity contribution < 1.29 is 4.74 Å². The third kappa shape index (κ3) is 1.07. The van der Waals surface area contributed by atoms with E-state index in [1.165, 1.54) is 0 Å². The van der Waals surface area contributed by atoms with Crippen molar-refractivity contribution in [2.45, 2.75) is 6.61 Å². The highest BCUT2D eigenvalue weighted by Gasteiger charge is 1.87. The van der Waals surface area contributed by atoms with E-state index in [-0.39, 0.29) is 0 Å². The summed E-state index contributed by atoms with van der Waals surface area (Å²) in [6.45, 7) is 0.562. The van der Waals surface area contributed by atoms with Gasteiger partial charge in [0, 0.05) is 19.5 Å². The van der Waals surface area contributed by atoms with Crippen molar-refractivity contribution in [1.29, 1.82) is 0 Å². The third-order valence-corrected chi connectivity index (χ3v) is 0.836. The Kier molecular flexibility index (Phi) is 1.64. The lowest BCUT2D eigenvalue weighted by Gasteiger charge is -1.88. The molecule has 0 spiro atoms. The molecule has 44 valence electrons. The number of aromatic nitrogens is 2. The van der Waals surface area contributed by atoms with E-state index in [1.54, 1.807) is 19.5 Å². The molecule has 0 fully saturated rings. The molecule has 0 saturated heterocycles. The van der Waals surface area contributed by atoms with E-state index in [9.17, 15) is 0 Å². The van der Waals surface area contributed by atoms with E-state index in [4.69, 9.17) is 4.74 Å². The molecule has 1 heterocycles. The molecule has 0 aliphatic heterocycles. The SMILES string of the molecule is COCc1ncc[nH]1. The topological polar surface area (TPSA) is 37.9 Å². The molecule has 8 heavy (non-hydrogen) atoms. The largest absolute Gasteiger partial charge is 0.377 e. The fourth-order valence-corrected chi connectivity index (χ4v) is 0.514. The minimum atomic E-state index is 0.562. The molecule has 1 rings (SSSR count). The van der Waals surface area contributed by atoms with Crippen molar-refractivity contribution in [3.63, 3.8) is 0 Å². The monoisotopic (exact) mass is 112 g/mol. The van der Waals surface area contributed by atoms with Gasteiger partial charge in [-0.25, -0.2) is 4.98 Å². The quantitative estimate of drug-likeness (QED) is 0.606. The molecule has 0 atom stereocenters. The van der Waals surface area contributed by atoms with Crippen molar-refractivity contribution >= 4 is 0 Å². The zero-order valence-corrected chi connectivity index (χ0v) is 4.72. The number of rotatable bonds is 2. The number of nitrogens with one attached hydrogen (secondary N) is 1. The first-order chi connectivity index (χ1) is 3.93. The number of methoxy groups -OCH3 is 1. The number of nitrogens with zero attached hydrogens (tertiary/aromatic N) is 1. The fourth-order valence-electron chi connectivity index (χ4n) is 0.514. The normalized spacial score (nSPS) is 9.62. The first-order valence-corrected chi connectivity index (χ1v) is 2.40. The van der Waals surface area contributed by atoms with Crippen molar-refractivity contribution in [3.8, 4) is 0 Å². The Morgan fingerprint density at radius 3 is 3.25 bits per heavy atom. The highest BCUT2D eigenvalue weighted by molar-refractivity contribution is 4.83. The van der Waals surface area contributed by atoms with Crippen LogP contribution < -0.4 is 0 Å². The molecule has 1 aromatic rings. The molecule has 0 radical (unpaired) electrons. The van der Waals surface area contributed by atoms with Gasteiger partial charge in [0.1, 0.15) is 12.4 Å². The minimum Gasteiger partial charge on any atom is -0.377 e. The van der Waals surface area contributed by atoms with Crippen LogP contribution in [-0.2, 0) is 11.3 Å². The third-order valence-electron chi connectivity index (χ3n) is 0.836. The number of hydrogen-bond donors (Lipinski definition) is 1. The van der Waals surface area contributed by atoms with Gasteiger partial charge in [0.15, 0.2) is 0 Å². The average molecular weight is 112 g/mol. The highest BCUT2D eigenvalue weighted by Crippen LogP contribution is 1.87. The number of imidazole rings is 1. The highest BCUT2D eigenvalue weighted by atomic mass is 16.5. The first kappa shape index (κ1) is 5.31. The summed E-state index contributed by atoms with van der Waals surface area (Å²) in [7, 11) is 1.64. The molecule has 3 heteroatoms. The van der Waals surface area contributed by atoms with Gasteiger partial charge in [0.2, 0.25) is 0 Å². The zero-order chi connectivity index (χ0) is 5.82. The molecule has 0 bridgehead atoms. The maximum Gasteiger partial charge on any atom is 0.132 e. The number of hydrogen-bond acceptors (Lipinski definition) is 2. The van der Waals surface area contributed by atoms with E-state index < -0.39 is 0 Å². The molecular weight excluding hydrogens is 104 g/mol. The molecule has 0 unspecified atom stereocenters. The molecule has 1 aromatic heterocycles. The average Bonchev–Trinajstić information content (AvgIpc) is 2.19. The Balaban J connectivity index is 2.50. The van der Waals surface area contributed by atoms with E-state index in [0.29, 0.717) is 6.61 Å². The zero-order valence-electron chi connectivity index (χ0n) is 4.72. The molecule has 0 aliphatic rings. The van der Waals surface area contributed by atoms with Crippen molar-refractivity contribution in [3.05, 3.63) is 18.2 Å². The predicted molar refractivity (Wildman–Crippen MR) is 29.3 cm³/mol. The molecule has 0 aliphatic carbocycles. The van der Waals surface area contributed by atoms with Crippen LogP contribution in [0.3, 0.4) is 0 Å². The lowest BCUT2D eigenvalue weighted by atomic mass is 10.7. The molecular formula is C5H8N2O. The van der Waals surface area contributed by atoms with E-state index in [2.05, 4.69) is 9.97 Å². The second-order valence-electron chi connectivity index (χ2n) is 1.47. The van der Waals surface area contributed by atoms with Crippen LogP contribution in [0.2, 0.25) is 0 Å². The number of aromatic amines is 1. The van der Waals surface area contributed by atoms with Crippen LogP contribution in [0.25, 0.3) is 0 Å². The summed E-state index contributed by atoms with van der Waals surface area (Å²) in [4.78, 5) is 6.83. The fraction of sp³-hybridized carbons (Fsp3) is 0.400. The maximum absolute atomic E-state index is 4.79. The van der Waals surface area contributed by atoms with Gasteiger partial charge in [0.05, 0.1) is 0 Å². The van der Waals surface area contributed by atoms with Crippen LogP contribution in [0.4, 0.5) is 0 Å².